The first kappa shape index (κ1) is 19.7. The molecule has 0 spiro atoms. The van der Waals surface area contributed by atoms with Crippen molar-refractivity contribution in [3.05, 3.63) is 36.4 Å². The van der Waals surface area contributed by atoms with Crippen molar-refractivity contribution in [2.45, 2.75) is 44.2 Å². The number of hydrogen-bond donors (Lipinski definition) is 2. The second-order valence-electron chi connectivity index (χ2n) is 8.60. The lowest BCUT2D eigenvalue weighted by molar-refractivity contribution is -0.135. The Morgan fingerprint density at radius 1 is 1.09 bits per heavy atom. The number of nitrogens with zero attached hydrogens (tertiary/aromatic N) is 5. The zero-order valence-electron chi connectivity index (χ0n) is 17.7. The van der Waals surface area contributed by atoms with E-state index in [-0.39, 0.29) is 25.7 Å². The average molecular weight is 438 g/mol. The number of aliphatic hydroxyl groups excluding tert-OH is 1. The fraction of sp³-hybridized carbons (Fsp3) is 0.500. The second kappa shape index (κ2) is 8.19. The van der Waals surface area contributed by atoms with E-state index in [4.69, 9.17) is 14.2 Å². The molecule has 2 N–H and O–H groups in total. The predicted molar refractivity (Wildman–Crippen MR) is 115 cm³/mol. The fourth-order valence-corrected chi connectivity index (χ4v) is 4.49. The number of hydrogen-bond acceptors (Lipinski definition) is 9. The number of imidazole rings is 1. The zero-order chi connectivity index (χ0) is 21.5. The van der Waals surface area contributed by atoms with Gasteiger partial charge in [0.2, 0.25) is 6.79 Å². The number of anilines is 1. The van der Waals surface area contributed by atoms with Crippen LogP contribution in [0.4, 0.5) is 5.82 Å². The summed E-state index contributed by atoms with van der Waals surface area (Å²) in [6.45, 7) is 2.20. The molecule has 1 saturated heterocycles. The van der Waals surface area contributed by atoms with E-state index >= 15 is 0 Å². The number of benzene rings is 1. The van der Waals surface area contributed by atoms with E-state index in [1.54, 1.807) is 12.7 Å². The molecular weight excluding hydrogens is 412 g/mol. The first-order valence-electron chi connectivity index (χ1n) is 11.1. The lowest BCUT2D eigenvalue weighted by atomic mass is 9.93. The van der Waals surface area contributed by atoms with E-state index in [1.165, 1.54) is 6.42 Å². The highest BCUT2D eigenvalue weighted by Crippen LogP contribution is 2.34. The number of morpholine rings is 1. The highest BCUT2D eigenvalue weighted by atomic mass is 16.7. The van der Waals surface area contributed by atoms with Crippen LogP contribution in [-0.4, -0.2) is 68.2 Å². The molecule has 10 heteroatoms. The molecule has 0 amide bonds. The predicted octanol–water partition coefficient (Wildman–Crippen LogP) is 1.91. The third kappa shape index (κ3) is 3.64. The Kier molecular flexibility index (Phi) is 5.05. The number of rotatable bonds is 6. The van der Waals surface area contributed by atoms with Gasteiger partial charge < -0.3 is 24.6 Å². The Labute approximate surface area is 185 Å². The molecule has 0 radical (unpaired) electrons. The monoisotopic (exact) mass is 438 g/mol. The summed E-state index contributed by atoms with van der Waals surface area (Å²) < 4.78 is 19.1. The normalized spacial score (nSPS) is 23.4. The number of ether oxygens (including phenoxy) is 3. The van der Waals surface area contributed by atoms with Gasteiger partial charge in [-0.15, -0.1) is 0 Å². The minimum Gasteiger partial charge on any atom is -0.454 e. The van der Waals surface area contributed by atoms with Gasteiger partial charge in [0.15, 0.2) is 28.5 Å². The quantitative estimate of drug-likeness (QED) is 0.597. The maximum Gasteiger partial charge on any atom is 0.231 e. The Bertz CT molecular complexity index is 1120. The van der Waals surface area contributed by atoms with Gasteiger partial charge in [-0.25, -0.2) is 15.0 Å². The summed E-state index contributed by atoms with van der Waals surface area (Å²) in [6.07, 6.45) is 6.28. The molecule has 10 nitrogen and oxygen atoms in total. The SMILES string of the molecule is OC[C@@H]1CN(Cc2ccc3c(c2)OCO3)C[C@H](n2cnc3c(NC4CCC4)ncnc32)O1. The molecule has 2 aliphatic heterocycles. The highest BCUT2D eigenvalue weighted by molar-refractivity contribution is 5.82. The van der Waals surface area contributed by atoms with Crippen molar-refractivity contribution in [1.82, 2.24) is 24.4 Å². The number of aromatic nitrogens is 4. The van der Waals surface area contributed by atoms with Gasteiger partial charge in [0, 0.05) is 25.7 Å². The molecule has 6 rings (SSSR count). The van der Waals surface area contributed by atoms with Gasteiger partial charge in [-0.3, -0.25) is 9.47 Å². The minimum absolute atomic E-state index is 0.0514. The van der Waals surface area contributed by atoms with Crippen molar-refractivity contribution < 1.29 is 19.3 Å². The van der Waals surface area contributed by atoms with E-state index in [1.807, 2.05) is 22.8 Å². The maximum absolute atomic E-state index is 9.86. The fourth-order valence-electron chi connectivity index (χ4n) is 4.49. The molecule has 168 valence electrons. The standard InChI is InChI=1S/C22H26N6O4/c29-10-16-8-27(7-14-4-5-17-18(6-14)31-13-30-17)9-19(32-16)28-12-25-20-21(23-11-24-22(20)28)26-15-2-1-3-15/h4-6,11-12,15-16,19,29H,1-3,7-10,13H2,(H,23,24,26)/t16-,19+/m0/s1. The van der Waals surface area contributed by atoms with Crippen LogP contribution in [0.5, 0.6) is 11.5 Å². The van der Waals surface area contributed by atoms with Crippen LogP contribution >= 0.6 is 0 Å². The highest BCUT2D eigenvalue weighted by Gasteiger charge is 2.31. The van der Waals surface area contributed by atoms with Crippen molar-refractivity contribution in [2.24, 2.45) is 0 Å². The first-order chi connectivity index (χ1) is 15.8. The minimum atomic E-state index is -0.314. The topological polar surface area (TPSA) is 107 Å². The molecule has 0 bridgehead atoms. The number of fused-ring (bicyclic) bond motifs is 2. The third-order valence-electron chi connectivity index (χ3n) is 6.39. The van der Waals surface area contributed by atoms with Gasteiger partial charge in [0.1, 0.15) is 12.6 Å². The molecule has 0 unspecified atom stereocenters. The van der Waals surface area contributed by atoms with Gasteiger partial charge in [-0.2, -0.15) is 0 Å². The van der Waals surface area contributed by atoms with Gasteiger partial charge in [-0.05, 0) is 37.0 Å². The second-order valence-corrected chi connectivity index (χ2v) is 8.60. The van der Waals surface area contributed by atoms with Crippen LogP contribution < -0.4 is 14.8 Å². The summed E-state index contributed by atoms with van der Waals surface area (Å²) in [5.41, 5.74) is 2.60. The molecule has 1 aliphatic carbocycles. The van der Waals surface area contributed by atoms with Crippen molar-refractivity contribution in [1.29, 1.82) is 0 Å². The molecule has 3 aliphatic rings. The van der Waals surface area contributed by atoms with Crippen LogP contribution in [-0.2, 0) is 11.3 Å². The molecule has 3 aromatic rings. The van der Waals surface area contributed by atoms with Crippen LogP contribution in [0.25, 0.3) is 11.2 Å². The zero-order valence-corrected chi connectivity index (χ0v) is 17.7. The molecule has 1 aromatic carbocycles. The Morgan fingerprint density at radius 3 is 2.84 bits per heavy atom. The summed E-state index contributed by atoms with van der Waals surface area (Å²) >= 11 is 0. The van der Waals surface area contributed by atoms with Crippen LogP contribution in [0, 0.1) is 0 Å². The maximum atomic E-state index is 9.86. The largest absolute Gasteiger partial charge is 0.454 e. The van der Waals surface area contributed by atoms with Gasteiger partial charge in [-0.1, -0.05) is 6.07 Å². The molecule has 1 saturated carbocycles. The molecular formula is C22H26N6O4. The number of nitrogens with one attached hydrogen (secondary N) is 1. The first-order valence-corrected chi connectivity index (χ1v) is 11.1. The molecule has 2 atom stereocenters. The third-order valence-corrected chi connectivity index (χ3v) is 6.39. The van der Waals surface area contributed by atoms with Crippen molar-refractivity contribution in [2.75, 3.05) is 31.8 Å². The Hall–Kier alpha value is -2.95. The lowest BCUT2D eigenvalue weighted by Gasteiger charge is -2.38. The van der Waals surface area contributed by atoms with Crippen molar-refractivity contribution >= 4 is 17.0 Å². The molecule has 32 heavy (non-hydrogen) atoms. The molecule has 2 fully saturated rings. The Balaban J connectivity index is 1.24. The van der Waals surface area contributed by atoms with E-state index < -0.39 is 0 Å². The lowest BCUT2D eigenvalue weighted by Crippen LogP contribution is -2.46. The van der Waals surface area contributed by atoms with Crippen LogP contribution in [0.1, 0.15) is 31.1 Å². The van der Waals surface area contributed by atoms with E-state index in [2.05, 4.69) is 25.2 Å². The molecule has 2 aromatic heterocycles. The van der Waals surface area contributed by atoms with Crippen molar-refractivity contribution in [3.8, 4) is 11.5 Å². The van der Waals surface area contributed by atoms with Crippen LogP contribution in [0.2, 0.25) is 0 Å². The van der Waals surface area contributed by atoms with Crippen molar-refractivity contribution in [3.63, 3.8) is 0 Å². The summed E-state index contributed by atoms with van der Waals surface area (Å²) in [7, 11) is 0. The summed E-state index contributed by atoms with van der Waals surface area (Å²) in [5.74, 6) is 2.32. The molecule has 4 heterocycles. The van der Waals surface area contributed by atoms with E-state index in [9.17, 15) is 5.11 Å². The average Bonchev–Trinajstić information content (AvgIpc) is 3.43. The summed E-state index contributed by atoms with van der Waals surface area (Å²) in [5, 5.41) is 13.3. The smallest absolute Gasteiger partial charge is 0.231 e. The van der Waals surface area contributed by atoms with Gasteiger partial charge >= 0.3 is 0 Å². The summed E-state index contributed by atoms with van der Waals surface area (Å²) in [4.78, 5) is 15.8. The summed E-state index contributed by atoms with van der Waals surface area (Å²) in [6, 6.07) is 6.46. The van der Waals surface area contributed by atoms with Crippen LogP contribution in [0.15, 0.2) is 30.9 Å². The van der Waals surface area contributed by atoms with E-state index in [0.29, 0.717) is 25.7 Å². The van der Waals surface area contributed by atoms with E-state index in [0.717, 1.165) is 46.9 Å². The Morgan fingerprint density at radius 2 is 2.00 bits per heavy atom. The number of aliphatic hydroxyl groups is 1. The van der Waals surface area contributed by atoms with Gasteiger partial charge in [0.25, 0.3) is 0 Å². The van der Waals surface area contributed by atoms with Crippen LogP contribution in [0.3, 0.4) is 0 Å². The van der Waals surface area contributed by atoms with Gasteiger partial charge in [0.05, 0.1) is 19.0 Å².